The number of carbonyl (C=O) groups is 1. The normalized spacial score (nSPS) is 15.4. The van der Waals surface area contributed by atoms with Crippen molar-refractivity contribution >= 4 is 11.7 Å². The Bertz CT molecular complexity index is 620. The van der Waals surface area contributed by atoms with Crippen molar-refractivity contribution in [1.29, 1.82) is 0 Å². The first-order chi connectivity index (χ1) is 10.6. The second kappa shape index (κ2) is 6.19. The highest BCUT2D eigenvalue weighted by Crippen LogP contribution is 2.32. The SMILES string of the molecule is CN(CC(O)C1CC1)C(=O)Nc1ccc(-c2ccn[nH]2)cc1. The van der Waals surface area contributed by atoms with Crippen molar-refractivity contribution in [3.8, 4) is 11.3 Å². The molecular weight excluding hydrogens is 280 g/mol. The summed E-state index contributed by atoms with van der Waals surface area (Å²) in [5, 5.41) is 19.5. The second-order valence-corrected chi connectivity index (χ2v) is 5.76. The average molecular weight is 300 g/mol. The zero-order valence-electron chi connectivity index (χ0n) is 12.5. The van der Waals surface area contributed by atoms with Gasteiger partial charge < -0.3 is 15.3 Å². The van der Waals surface area contributed by atoms with Crippen molar-refractivity contribution in [3.63, 3.8) is 0 Å². The number of nitrogens with one attached hydrogen (secondary N) is 2. The van der Waals surface area contributed by atoms with Crippen LogP contribution in [0.2, 0.25) is 0 Å². The molecular formula is C16H20N4O2. The van der Waals surface area contributed by atoms with Crippen molar-refractivity contribution in [3.05, 3.63) is 36.5 Å². The lowest BCUT2D eigenvalue weighted by molar-refractivity contribution is 0.117. The number of aromatic amines is 1. The van der Waals surface area contributed by atoms with Crippen molar-refractivity contribution in [2.75, 3.05) is 18.9 Å². The van der Waals surface area contributed by atoms with Crippen LogP contribution in [0.25, 0.3) is 11.3 Å². The predicted octanol–water partition coefficient (Wildman–Crippen LogP) is 2.31. The van der Waals surface area contributed by atoms with Gasteiger partial charge in [0, 0.05) is 25.5 Å². The third-order valence-corrected chi connectivity index (χ3v) is 3.92. The standard InChI is InChI=1S/C16H20N4O2/c1-20(10-15(21)12-2-3-12)16(22)18-13-6-4-11(5-7-13)14-8-9-17-19-14/h4-9,12,15,21H,2-3,10H2,1H3,(H,17,19)(H,18,22). The summed E-state index contributed by atoms with van der Waals surface area (Å²) in [7, 11) is 1.69. The molecule has 1 unspecified atom stereocenters. The van der Waals surface area contributed by atoms with Crippen molar-refractivity contribution in [2.45, 2.75) is 18.9 Å². The molecule has 1 aromatic carbocycles. The summed E-state index contributed by atoms with van der Waals surface area (Å²) in [5.41, 5.74) is 2.66. The molecule has 6 nitrogen and oxygen atoms in total. The molecule has 3 N–H and O–H groups in total. The highest BCUT2D eigenvalue weighted by Gasteiger charge is 2.31. The molecule has 0 bridgehead atoms. The van der Waals surface area contributed by atoms with Crippen LogP contribution < -0.4 is 5.32 Å². The highest BCUT2D eigenvalue weighted by atomic mass is 16.3. The number of nitrogens with zero attached hydrogens (tertiary/aromatic N) is 2. The molecule has 1 atom stereocenters. The van der Waals surface area contributed by atoms with Gasteiger partial charge in [0.15, 0.2) is 0 Å². The van der Waals surface area contributed by atoms with Gasteiger partial charge >= 0.3 is 6.03 Å². The van der Waals surface area contributed by atoms with E-state index >= 15 is 0 Å². The van der Waals surface area contributed by atoms with Gasteiger partial charge in [-0.2, -0.15) is 5.10 Å². The number of aliphatic hydroxyl groups is 1. The number of benzene rings is 1. The number of aromatic nitrogens is 2. The largest absolute Gasteiger partial charge is 0.391 e. The van der Waals surface area contributed by atoms with Gasteiger partial charge in [0.05, 0.1) is 11.8 Å². The number of carbonyl (C=O) groups excluding carboxylic acids is 1. The van der Waals surface area contributed by atoms with Gasteiger partial charge in [-0.05, 0) is 42.5 Å². The molecule has 3 rings (SSSR count). The monoisotopic (exact) mass is 300 g/mol. The average Bonchev–Trinajstić information content (AvgIpc) is 3.23. The first-order valence-corrected chi connectivity index (χ1v) is 7.43. The number of hydrogen-bond donors (Lipinski definition) is 3. The quantitative estimate of drug-likeness (QED) is 0.792. The molecule has 0 aliphatic heterocycles. The maximum atomic E-state index is 12.1. The number of hydrogen-bond acceptors (Lipinski definition) is 3. The van der Waals surface area contributed by atoms with E-state index in [1.54, 1.807) is 13.2 Å². The lowest BCUT2D eigenvalue weighted by Crippen LogP contribution is -2.37. The van der Waals surface area contributed by atoms with Crippen LogP contribution in [0.1, 0.15) is 12.8 Å². The van der Waals surface area contributed by atoms with Gasteiger partial charge in [-0.25, -0.2) is 4.79 Å². The van der Waals surface area contributed by atoms with E-state index in [0.717, 1.165) is 29.8 Å². The molecule has 2 aromatic rings. The van der Waals surface area contributed by atoms with Crippen LogP contribution >= 0.6 is 0 Å². The van der Waals surface area contributed by atoms with Crippen molar-refractivity contribution < 1.29 is 9.90 Å². The number of anilines is 1. The Morgan fingerprint density at radius 1 is 1.41 bits per heavy atom. The van der Waals surface area contributed by atoms with E-state index in [1.165, 1.54) is 4.90 Å². The van der Waals surface area contributed by atoms with E-state index in [2.05, 4.69) is 15.5 Å². The maximum absolute atomic E-state index is 12.1. The van der Waals surface area contributed by atoms with Crippen molar-refractivity contribution in [1.82, 2.24) is 15.1 Å². The van der Waals surface area contributed by atoms with Gasteiger partial charge in [0.2, 0.25) is 0 Å². The van der Waals surface area contributed by atoms with E-state index in [-0.39, 0.29) is 6.03 Å². The van der Waals surface area contributed by atoms with Crippen LogP contribution in [-0.2, 0) is 0 Å². The molecule has 6 heteroatoms. The summed E-state index contributed by atoms with van der Waals surface area (Å²) in [5.74, 6) is 0.365. The van der Waals surface area contributed by atoms with Gasteiger partial charge in [-0.1, -0.05) is 12.1 Å². The minimum atomic E-state index is -0.418. The Balaban J connectivity index is 1.56. The molecule has 1 saturated carbocycles. The van der Waals surface area contributed by atoms with Crippen molar-refractivity contribution in [2.24, 2.45) is 5.92 Å². The topological polar surface area (TPSA) is 81.2 Å². The van der Waals surface area contributed by atoms with Gasteiger partial charge in [0.25, 0.3) is 0 Å². The highest BCUT2D eigenvalue weighted by molar-refractivity contribution is 5.89. The minimum Gasteiger partial charge on any atom is -0.391 e. The number of H-pyrrole nitrogens is 1. The number of urea groups is 1. The molecule has 1 aliphatic rings. The summed E-state index contributed by atoms with van der Waals surface area (Å²) < 4.78 is 0. The number of rotatable bonds is 5. The summed E-state index contributed by atoms with van der Waals surface area (Å²) in [6.07, 6.45) is 3.40. The van der Waals surface area contributed by atoms with E-state index in [9.17, 15) is 9.90 Å². The fraction of sp³-hybridized carbons (Fsp3) is 0.375. The lowest BCUT2D eigenvalue weighted by atomic mass is 10.1. The molecule has 22 heavy (non-hydrogen) atoms. The summed E-state index contributed by atoms with van der Waals surface area (Å²) >= 11 is 0. The number of likely N-dealkylation sites (N-methyl/N-ethyl adjacent to an activating group) is 1. The van der Waals surface area contributed by atoms with E-state index in [4.69, 9.17) is 0 Å². The van der Waals surface area contributed by atoms with Crippen LogP contribution in [-0.4, -0.2) is 45.9 Å². The zero-order chi connectivity index (χ0) is 15.5. The smallest absolute Gasteiger partial charge is 0.321 e. The third-order valence-electron chi connectivity index (χ3n) is 3.92. The molecule has 1 aromatic heterocycles. The number of aliphatic hydroxyl groups excluding tert-OH is 1. The molecule has 2 amide bonds. The molecule has 1 fully saturated rings. The maximum Gasteiger partial charge on any atom is 0.321 e. The molecule has 1 aliphatic carbocycles. The van der Waals surface area contributed by atoms with Gasteiger partial charge in [-0.3, -0.25) is 5.10 Å². The molecule has 1 heterocycles. The van der Waals surface area contributed by atoms with E-state index < -0.39 is 6.10 Å². The molecule has 116 valence electrons. The summed E-state index contributed by atoms with van der Waals surface area (Å²) in [4.78, 5) is 13.6. The second-order valence-electron chi connectivity index (χ2n) is 5.76. The summed E-state index contributed by atoms with van der Waals surface area (Å²) in [6.45, 7) is 0.364. The van der Waals surface area contributed by atoms with E-state index in [0.29, 0.717) is 12.5 Å². The Hall–Kier alpha value is -2.34. The van der Waals surface area contributed by atoms with Crippen LogP contribution in [0.4, 0.5) is 10.5 Å². The van der Waals surface area contributed by atoms with Gasteiger partial charge in [-0.15, -0.1) is 0 Å². The number of amides is 2. The Morgan fingerprint density at radius 3 is 2.73 bits per heavy atom. The minimum absolute atomic E-state index is 0.214. The van der Waals surface area contributed by atoms with Crippen LogP contribution in [0.15, 0.2) is 36.5 Å². The Labute approximate surface area is 129 Å². The Kier molecular flexibility index (Phi) is 4.11. The predicted molar refractivity (Wildman–Crippen MR) is 84.4 cm³/mol. The van der Waals surface area contributed by atoms with Crippen LogP contribution in [0.3, 0.4) is 0 Å². The Morgan fingerprint density at radius 2 is 2.14 bits per heavy atom. The fourth-order valence-corrected chi connectivity index (χ4v) is 2.36. The molecule has 0 radical (unpaired) electrons. The van der Waals surface area contributed by atoms with E-state index in [1.807, 2.05) is 30.3 Å². The summed E-state index contributed by atoms with van der Waals surface area (Å²) in [6, 6.07) is 9.21. The zero-order valence-corrected chi connectivity index (χ0v) is 12.5. The van der Waals surface area contributed by atoms with Crippen LogP contribution in [0.5, 0.6) is 0 Å². The van der Waals surface area contributed by atoms with Crippen LogP contribution in [0, 0.1) is 5.92 Å². The molecule has 0 spiro atoms. The third kappa shape index (κ3) is 3.46. The first-order valence-electron chi connectivity index (χ1n) is 7.43. The fourth-order valence-electron chi connectivity index (χ4n) is 2.36. The lowest BCUT2D eigenvalue weighted by Gasteiger charge is -2.21. The van der Waals surface area contributed by atoms with Gasteiger partial charge in [0.1, 0.15) is 0 Å². The first kappa shape index (κ1) is 14.6. The molecule has 0 saturated heterocycles.